The van der Waals surface area contributed by atoms with E-state index >= 15 is 4.39 Å². The van der Waals surface area contributed by atoms with E-state index in [-0.39, 0.29) is 24.4 Å². The summed E-state index contributed by atoms with van der Waals surface area (Å²) >= 11 is 0. The molecule has 2 aromatic carbocycles. The number of rotatable bonds is 10. The second-order valence-electron chi connectivity index (χ2n) is 10.5. The number of hydrogen-bond donors (Lipinski definition) is 1. The second kappa shape index (κ2) is 13.9. The Morgan fingerprint density at radius 2 is 1.63 bits per heavy atom. The lowest BCUT2D eigenvalue weighted by molar-refractivity contribution is -0.384. The molecular weight excluding hydrogens is 630 g/mol. The fourth-order valence-electron chi connectivity index (χ4n) is 4.19. The van der Waals surface area contributed by atoms with E-state index in [0.717, 1.165) is 30.2 Å². The number of benzene rings is 2. The van der Waals surface area contributed by atoms with Crippen LogP contribution >= 0.6 is 0 Å². The summed E-state index contributed by atoms with van der Waals surface area (Å²) in [6.45, 7) is 4.24. The summed E-state index contributed by atoms with van der Waals surface area (Å²) in [4.78, 5) is 41.2. The van der Waals surface area contributed by atoms with Crippen molar-refractivity contribution >= 4 is 34.9 Å². The largest absolute Gasteiger partial charge is 0.481 e. The van der Waals surface area contributed by atoms with Crippen molar-refractivity contribution in [3.05, 3.63) is 80.7 Å². The number of halogens is 6. The number of nitrogens with zero attached hydrogens (tertiary/aromatic N) is 3. The van der Waals surface area contributed by atoms with Gasteiger partial charge in [-0.05, 0) is 57.9 Å². The number of amides is 1. The Hall–Kier alpha value is -5.09. The zero-order valence-corrected chi connectivity index (χ0v) is 25.1. The van der Waals surface area contributed by atoms with Crippen molar-refractivity contribution in [2.75, 3.05) is 31.0 Å². The molecule has 0 aliphatic rings. The van der Waals surface area contributed by atoms with Crippen LogP contribution in [0.25, 0.3) is 0 Å². The van der Waals surface area contributed by atoms with Gasteiger partial charge in [0.1, 0.15) is 11.2 Å². The number of hydrogen-bond acceptors (Lipinski definition) is 9. The number of aromatic nitrogens is 1. The van der Waals surface area contributed by atoms with Gasteiger partial charge in [-0.2, -0.15) is 18.2 Å². The number of carbonyl (C=O) groups is 2. The van der Waals surface area contributed by atoms with E-state index in [2.05, 4.69) is 15.0 Å². The predicted octanol–water partition coefficient (Wildman–Crippen LogP) is 7.34. The third-order valence-corrected chi connectivity index (χ3v) is 6.22. The highest BCUT2D eigenvalue weighted by atomic mass is 19.4. The van der Waals surface area contributed by atoms with Gasteiger partial charge in [0.25, 0.3) is 0 Å². The zero-order chi connectivity index (χ0) is 34.6. The lowest BCUT2D eigenvalue weighted by atomic mass is 10.0. The fraction of sp³-hybridized carbons (Fsp3) is 0.345. The predicted molar refractivity (Wildman–Crippen MR) is 152 cm³/mol. The molecule has 0 unspecified atom stereocenters. The molecule has 0 saturated carbocycles. The van der Waals surface area contributed by atoms with Crippen LogP contribution in [0.1, 0.15) is 48.7 Å². The molecule has 0 saturated heterocycles. The number of pyridine rings is 1. The Morgan fingerprint density at radius 3 is 2.20 bits per heavy atom. The number of alkyl halides is 3. The van der Waals surface area contributed by atoms with Gasteiger partial charge in [0.2, 0.25) is 11.7 Å². The summed E-state index contributed by atoms with van der Waals surface area (Å²) in [5, 5.41) is 14.2. The molecule has 3 rings (SSSR count). The smallest absolute Gasteiger partial charge is 0.419 e. The van der Waals surface area contributed by atoms with Gasteiger partial charge < -0.3 is 19.5 Å². The van der Waals surface area contributed by atoms with Gasteiger partial charge in [0.15, 0.2) is 17.5 Å². The average Bonchev–Trinajstić information content (AvgIpc) is 2.96. The summed E-state index contributed by atoms with van der Waals surface area (Å²) < 4.78 is 99.2. The SMILES string of the molecule is COC(=O)c1c(Nc2ccc(F)c(F)c2CCCN(C(=O)OC(C)(C)C)c2nc(OC)ccc2[N+](=O)[O-])ccc(C(F)(F)F)c1F. The molecule has 1 heterocycles. The molecule has 17 heteroatoms. The van der Waals surface area contributed by atoms with Gasteiger partial charge in [-0.3, -0.25) is 15.0 Å². The number of methoxy groups -OCH3 is 2. The molecule has 1 aromatic heterocycles. The van der Waals surface area contributed by atoms with E-state index in [9.17, 15) is 41.7 Å². The molecule has 1 N–H and O–H groups in total. The molecule has 1 amide bonds. The van der Waals surface area contributed by atoms with Gasteiger partial charge in [-0.1, -0.05) is 0 Å². The molecule has 0 bridgehead atoms. The van der Waals surface area contributed by atoms with Crippen LogP contribution in [-0.4, -0.2) is 48.3 Å². The van der Waals surface area contributed by atoms with Crippen molar-refractivity contribution in [3.8, 4) is 5.88 Å². The van der Waals surface area contributed by atoms with Crippen LogP contribution in [0.15, 0.2) is 36.4 Å². The highest BCUT2D eigenvalue weighted by molar-refractivity contribution is 5.97. The first kappa shape index (κ1) is 35.4. The van der Waals surface area contributed by atoms with Crippen LogP contribution in [0.3, 0.4) is 0 Å². The Morgan fingerprint density at radius 1 is 0.978 bits per heavy atom. The number of nitrogens with one attached hydrogen (secondary N) is 1. The number of anilines is 3. The van der Waals surface area contributed by atoms with Gasteiger partial charge in [0.05, 0.1) is 30.4 Å². The maximum atomic E-state index is 15.1. The van der Waals surface area contributed by atoms with Crippen molar-refractivity contribution in [3.63, 3.8) is 0 Å². The summed E-state index contributed by atoms with van der Waals surface area (Å²) in [6, 6.07) is 5.02. The molecule has 248 valence electrons. The summed E-state index contributed by atoms with van der Waals surface area (Å²) in [6.07, 6.45) is -6.82. The topological polar surface area (TPSA) is 133 Å². The summed E-state index contributed by atoms with van der Waals surface area (Å²) in [7, 11) is 2.05. The molecule has 0 fully saturated rings. The highest BCUT2D eigenvalue weighted by Gasteiger charge is 2.37. The van der Waals surface area contributed by atoms with Crippen LogP contribution in [0.2, 0.25) is 0 Å². The lowest BCUT2D eigenvalue weighted by Gasteiger charge is -2.27. The Bertz CT molecular complexity index is 1640. The van der Waals surface area contributed by atoms with E-state index in [4.69, 9.17) is 9.47 Å². The minimum atomic E-state index is -5.16. The number of carbonyl (C=O) groups excluding carboxylic acids is 2. The first-order valence-electron chi connectivity index (χ1n) is 13.3. The van der Waals surface area contributed by atoms with Crippen molar-refractivity contribution in [1.29, 1.82) is 0 Å². The van der Waals surface area contributed by atoms with Crippen LogP contribution in [0.5, 0.6) is 5.88 Å². The molecule has 0 radical (unpaired) electrons. The Balaban J connectivity index is 2.03. The van der Waals surface area contributed by atoms with E-state index in [1.165, 1.54) is 13.2 Å². The average molecular weight is 659 g/mol. The molecule has 11 nitrogen and oxygen atoms in total. The van der Waals surface area contributed by atoms with Gasteiger partial charge in [-0.15, -0.1) is 0 Å². The molecule has 0 spiro atoms. The maximum Gasteiger partial charge on any atom is 0.419 e. The first-order valence-corrected chi connectivity index (χ1v) is 13.3. The quantitative estimate of drug-likeness (QED) is 0.103. The summed E-state index contributed by atoms with van der Waals surface area (Å²) in [5.74, 6) is -6.68. The second-order valence-corrected chi connectivity index (χ2v) is 10.5. The maximum absolute atomic E-state index is 15.1. The van der Waals surface area contributed by atoms with Crippen molar-refractivity contribution in [2.24, 2.45) is 0 Å². The van der Waals surface area contributed by atoms with Crippen LogP contribution in [-0.2, 0) is 22.1 Å². The number of nitro groups is 1. The third-order valence-electron chi connectivity index (χ3n) is 6.22. The first-order chi connectivity index (χ1) is 21.4. The van der Waals surface area contributed by atoms with Crippen LogP contribution in [0.4, 0.5) is 54.0 Å². The Kier molecular flexibility index (Phi) is 10.7. The normalized spacial score (nSPS) is 11.5. The van der Waals surface area contributed by atoms with Crippen LogP contribution in [0, 0.1) is 27.6 Å². The molecule has 46 heavy (non-hydrogen) atoms. The third kappa shape index (κ3) is 8.13. The minimum absolute atomic E-state index is 0.0815. The van der Waals surface area contributed by atoms with Crippen LogP contribution < -0.4 is 15.0 Å². The van der Waals surface area contributed by atoms with Crippen molar-refractivity contribution < 1.29 is 55.1 Å². The molecule has 3 aromatic rings. The van der Waals surface area contributed by atoms with Gasteiger partial charge in [0, 0.05) is 29.9 Å². The molecule has 0 aliphatic heterocycles. The zero-order valence-electron chi connectivity index (χ0n) is 25.1. The Labute approximate surface area is 258 Å². The van der Waals surface area contributed by atoms with E-state index in [1.54, 1.807) is 20.8 Å². The van der Waals surface area contributed by atoms with E-state index < -0.39 is 86.6 Å². The van der Waals surface area contributed by atoms with Crippen molar-refractivity contribution in [2.45, 2.75) is 45.4 Å². The molecule has 0 aliphatic carbocycles. The summed E-state index contributed by atoms with van der Waals surface area (Å²) in [5.41, 5.74) is -5.76. The fourth-order valence-corrected chi connectivity index (χ4v) is 4.19. The standard InChI is InChI=1S/C29H28F6N4O7/c1-28(2,3)46-27(41)38(25-20(39(42)43)12-13-21(37-25)44-4)14-6-7-15-18(11-9-17(30)23(15)31)36-19-10-8-16(29(33,34)35)24(32)22(19)26(40)45-5/h8-13,36H,6-7,14H2,1-5H3. The highest BCUT2D eigenvalue weighted by Crippen LogP contribution is 2.37. The van der Waals surface area contributed by atoms with Crippen molar-refractivity contribution in [1.82, 2.24) is 4.98 Å². The number of ether oxygens (including phenoxy) is 3. The van der Waals surface area contributed by atoms with E-state index in [1.807, 2.05) is 0 Å². The minimum Gasteiger partial charge on any atom is -0.481 e. The van der Waals surface area contributed by atoms with Gasteiger partial charge >= 0.3 is 23.9 Å². The molecule has 0 atom stereocenters. The lowest BCUT2D eigenvalue weighted by Crippen LogP contribution is -2.38. The van der Waals surface area contributed by atoms with Gasteiger partial charge in [-0.25, -0.2) is 22.8 Å². The number of esters is 1. The van der Waals surface area contributed by atoms with E-state index in [0.29, 0.717) is 12.1 Å². The monoisotopic (exact) mass is 658 g/mol. The molecular formula is C29H28F6N4O7.